The zero-order valence-corrected chi connectivity index (χ0v) is 13.5. The second-order valence-corrected chi connectivity index (χ2v) is 5.94. The van der Waals surface area contributed by atoms with Crippen LogP contribution in [0.1, 0.15) is 25.6 Å². The third-order valence-electron chi connectivity index (χ3n) is 3.36. The molecule has 0 saturated carbocycles. The fourth-order valence-corrected chi connectivity index (χ4v) is 2.90. The zero-order valence-electron chi connectivity index (χ0n) is 12.7. The van der Waals surface area contributed by atoms with Gasteiger partial charge in [-0.05, 0) is 41.3 Å². The molecule has 0 unspecified atom stereocenters. The van der Waals surface area contributed by atoms with Gasteiger partial charge in [0.2, 0.25) is 0 Å². The van der Waals surface area contributed by atoms with Crippen LogP contribution in [0.4, 0.5) is 5.69 Å². The molecule has 0 bridgehead atoms. The zero-order chi connectivity index (χ0) is 16.8. The van der Waals surface area contributed by atoms with E-state index in [-0.39, 0.29) is 11.8 Å². The van der Waals surface area contributed by atoms with E-state index < -0.39 is 0 Å². The van der Waals surface area contributed by atoms with Crippen LogP contribution >= 0.6 is 11.3 Å². The Balaban J connectivity index is 1.66. The van der Waals surface area contributed by atoms with Crippen molar-refractivity contribution in [1.29, 1.82) is 0 Å². The second kappa shape index (κ2) is 7.52. The first-order valence-electron chi connectivity index (χ1n) is 7.35. The molecule has 2 heterocycles. The van der Waals surface area contributed by atoms with Crippen LogP contribution in [0.15, 0.2) is 66.3 Å². The fraction of sp³-hybridized carbons (Fsp3) is 0.0556. The van der Waals surface area contributed by atoms with E-state index in [9.17, 15) is 9.59 Å². The van der Waals surface area contributed by atoms with Crippen LogP contribution in [0.3, 0.4) is 0 Å². The van der Waals surface area contributed by atoms with Crippen LogP contribution in [0.2, 0.25) is 0 Å². The van der Waals surface area contributed by atoms with Gasteiger partial charge in [0, 0.05) is 24.5 Å². The maximum absolute atomic E-state index is 12.4. The Morgan fingerprint density at radius 3 is 2.46 bits per heavy atom. The van der Waals surface area contributed by atoms with E-state index in [4.69, 9.17) is 0 Å². The molecule has 0 radical (unpaired) electrons. The van der Waals surface area contributed by atoms with Crippen LogP contribution in [0, 0.1) is 0 Å². The van der Waals surface area contributed by atoms with Crippen LogP contribution in [-0.4, -0.2) is 16.8 Å². The maximum atomic E-state index is 12.4. The van der Waals surface area contributed by atoms with Crippen molar-refractivity contribution in [1.82, 2.24) is 10.3 Å². The van der Waals surface area contributed by atoms with E-state index in [0.29, 0.717) is 22.7 Å². The molecule has 3 aromatic rings. The maximum Gasteiger partial charge on any atom is 0.263 e. The number of aromatic nitrogens is 1. The van der Waals surface area contributed by atoms with Crippen molar-refractivity contribution in [2.75, 3.05) is 5.32 Å². The number of pyridine rings is 1. The summed E-state index contributed by atoms with van der Waals surface area (Å²) in [5.41, 5.74) is 2.03. The summed E-state index contributed by atoms with van der Waals surface area (Å²) in [4.78, 5) is 29.0. The topological polar surface area (TPSA) is 71.1 Å². The summed E-state index contributed by atoms with van der Waals surface area (Å²) in [6, 6.07) is 14.3. The van der Waals surface area contributed by atoms with Crippen molar-refractivity contribution in [3.8, 4) is 0 Å². The number of hydrogen-bond acceptors (Lipinski definition) is 4. The molecule has 6 heteroatoms. The van der Waals surface area contributed by atoms with Crippen LogP contribution in [-0.2, 0) is 6.54 Å². The van der Waals surface area contributed by atoms with Crippen molar-refractivity contribution in [3.63, 3.8) is 0 Å². The van der Waals surface area contributed by atoms with Gasteiger partial charge in [0.1, 0.15) is 4.88 Å². The third kappa shape index (κ3) is 3.85. The number of hydrogen-bond donors (Lipinski definition) is 2. The molecule has 0 spiro atoms. The molecule has 2 aromatic heterocycles. The average molecular weight is 337 g/mol. The molecular formula is C18H15N3O2S. The number of rotatable bonds is 5. The predicted molar refractivity (Wildman–Crippen MR) is 94.1 cm³/mol. The van der Waals surface area contributed by atoms with Gasteiger partial charge in [-0.15, -0.1) is 11.3 Å². The first kappa shape index (κ1) is 15.9. The summed E-state index contributed by atoms with van der Waals surface area (Å²) >= 11 is 1.29. The quantitative estimate of drug-likeness (QED) is 0.750. The minimum atomic E-state index is -0.239. The number of anilines is 1. The van der Waals surface area contributed by atoms with Gasteiger partial charge >= 0.3 is 0 Å². The highest BCUT2D eigenvalue weighted by Crippen LogP contribution is 2.23. The number of nitrogens with zero attached hydrogens (tertiary/aromatic N) is 1. The van der Waals surface area contributed by atoms with Crippen molar-refractivity contribution in [2.24, 2.45) is 0 Å². The summed E-state index contributed by atoms with van der Waals surface area (Å²) in [6.07, 6.45) is 3.36. The van der Waals surface area contributed by atoms with Gasteiger partial charge in [0.25, 0.3) is 11.8 Å². The molecule has 5 nitrogen and oxygen atoms in total. The van der Waals surface area contributed by atoms with E-state index in [2.05, 4.69) is 15.6 Å². The summed E-state index contributed by atoms with van der Waals surface area (Å²) < 4.78 is 0. The van der Waals surface area contributed by atoms with E-state index in [1.807, 2.05) is 18.2 Å². The number of thiophene rings is 1. The fourth-order valence-electron chi connectivity index (χ4n) is 2.13. The number of nitrogens with one attached hydrogen (secondary N) is 2. The highest BCUT2D eigenvalue weighted by atomic mass is 32.1. The average Bonchev–Trinajstić information content (AvgIpc) is 3.09. The van der Waals surface area contributed by atoms with Crippen LogP contribution in [0.25, 0.3) is 0 Å². The molecule has 0 aliphatic heterocycles. The Hall–Kier alpha value is -2.99. The van der Waals surface area contributed by atoms with Crippen molar-refractivity contribution in [3.05, 3.63) is 82.3 Å². The Morgan fingerprint density at radius 1 is 0.958 bits per heavy atom. The lowest BCUT2D eigenvalue weighted by atomic mass is 10.2. The van der Waals surface area contributed by atoms with Gasteiger partial charge in [-0.3, -0.25) is 14.6 Å². The molecular weight excluding hydrogens is 322 g/mol. The SMILES string of the molecule is O=C(Nc1ccsc1C(=O)NCc1ccncc1)c1ccccc1. The predicted octanol–water partition coefficient (Wildman–Crippen LogP) is 3.33. The molecule has 120 valence electrons. The lowest BCUT2D eigenvalue weighted by Crippen LogP contribution is -2.23. The van der Waals surface area contributed by atoms with Crippen LogP contribution < -0.4 is 10.6 Å². The number of amides is 2. The van der Waals surface area contributed by atoms with Gasteiger partial charge in [0.05, 0.1) is 5.69 Å². The normalized spacial score (nSPS) is 10.2. The van der Waals surface area contributed by atoms with Crippen molar-refractivity contribution < 1.29 is 9.59 Å². The van der Waals surface area contributed by atoms with Gasteiger partial charge in [-0.2, -0.15) is 0 Å². The standard InChI is InChI=1S/C18H15N3O2S/c22-17(14-4-2-1-3-5-14)21-15-8-11-24-16(15)18(23)20-12-13-6-9-19-10-7-13/h1-11H,12H2,(H,20,23)(H,21,22). The van der Waals surface area contributed by atoms with E-state index in [0.717, 1.165) is 5.56 Å². The number of carbonyl (C=O) groups is 2. The monoisotopic (exact) mass is 337 g/mol. The minimum Gasteiger partial charge on any atom is -0.347 e. The largest absolute Gasteiger partial charge is 0.347 e. The van der Waals surface area contributed by atoms with E-state index in [1.54, 1.807) is 48.1 Å². The molecule has 2 N–H and O–H groups in total. The van der Waals surface area contributed by atoms with E-state index in [1.165, 1.54) is 11.3 Å². The van der Waals surface area contributed by atoms with Gasteiger partial charge < -0.3 is 10.6 Å². The highest BCUT2D eigenvalue weighted by molar-refractivity contribution is 7.12. The summed E-state index contributed by atoms with van der Waals surface area (Å²) in [5, 5.41) is 7.41. The van der Waals surface area contributed by atoms with Gasteiger partial charge in [-0.25, -0.2) is 0 Å². The molecule has 0 fully saturated rings. The second-order valence-electron chi connectivity index (χ2n) is 5.02. The number of benzene rings is 1. The Morgan fingerprint density at radius 2 is 1.71 bits per heavy atom. The smallest absolute Gasteiger partial charge is 0.263 e. The summed E-state index contributed by atoms with van der Waals surface area (Å²) in [7, 11) is 0. The first-order chi connectivity index (χ1) is 11.7. The Labute approximate surface area is 143 Å². The lowest BCUT2D eigenvalue weighted by molar-refractivity contribution is 0.0955. The highest BCUT2D eigenvalue weighted by Gasteiger charge is 2.15. The molecule has 2 amide bonds. The molecule has 0 aliphatic carbocycles. The van der Waals surface area contributed by atoms with Gasteiger partial charge in [0.15, 0.2) is 0 Å². The third-order valence-corrected chi connectivity index (χ3v) is 4.27. The molecule has 3 rings (SSSR count). The Bertz CT molecular complexity index is 832. The minimum absolute atomic E-state index is 0.217. The summed E-state index contributed by atoms with van der Waals surface area (Å²) in [5.74, 6) is -0.456. The van der Waals surface area contributed by atoms with Crippen molar-refractivity contribution in [2.45, 2.75) is 6.54 Å². The summed E-state index contributed by atoms with van der Waals surface area (Å²) in [6.45, 7) is 0.408. The molecule has 0 saturated heterocycles. The van der Waals surface area contributed by atoms with E-state index >= 15 is 0 Å². The number of carbonyl (C=O) groups excluding carboxylic acids is 2. The molecule has 0 atom stereocenters. The van der Waals surface area contributed by atoms with Gasteiger partial charge in [-0.1, -0.05) is 18.2 Å². The van der Waals surface area contributed by atoms with Crippen molar-refractivity contribution >= 4 is 28.8 Å². The Kier molecular flexibility index (Phi) is 4.98. The molecule has 0 aliphatic rings. The molecule has 1 aromatic carbocycles. The van der Waals surface area contributed by atoms with Crippen LogP contribution in [0.5, 0.6) is 0 Å². The molecule has 24 heavy (non-hydrogen) atoms. The lowest BCUT2D eigenvalue weighted by Gasteiger charge is -2.08. The first-order valence-corrected chi connectivity index (χ1v) is 8.23.